The predicted molar refractivity (Wildman–Crippen MR) is 102 cm³/mol. The average Bonchev–Trinajstić information content (AvgIpc) is 2.66. The first-order chi connectivity index (χ1) is 12.6. The molecular weight excluding hydrogens is 327 g/mol. The number of amides is 1. The lowest BCUT2D eigenvalue weighted by Gasteiger charge is -2.20. The van der Waals surface area contributed by atoms with E-state index in [1.165, 1.54) is 17.7 Å². The van der Waals surface area contributed by atoms with Crippen LogP contribution in [0.5, 0.6) is 0 Å². The Bertz CT molecular complexity index is 846. The molecule has 0 aliphatic rings. The van der Waals surface area contributed by atoms with Crippen LogP contribution in [0.4, 0.5) is 10.1 Å². The van der Waals surface area contributed by atoms with Crippen LogP contribution in [0.2, 0.25) is 0 Å². The maximum Gasteiger partial charge on any atom is 0.238 e. The van der Waals surface area contributed by atoms with Crippen molar-refractivity contribution in [3.8, 4) is 0 Å². The summed E-state index contributed by atoms with van der Waals surface area (Å²) in [5.41, 5.74) is 3.95. The molecule has 3 aromatic rings. The average molecular weight is 348 g/mol. The number of aryl methyl sites for hydroxylation is 1. The number of nitrogens with one attached hydrogen (secondary N) is 2. The Kier molecular flexibility index (Phi) is 5.77. The van der Waals surface area contributed by atoms with Gasteiger partial charge in [-0.1, -0.05) is 60.2 Å². The van der Waals surface area contributed by atoms with Crippen LogP contribution in [0, 0.1) is 12.7 Å². The molecule has 0 saturated heterocycles. The summed E-state index contributed by atoms with van der Waals surface area (Å²) < 4.78 is 13.0. The fourth-order valence-corrected chi connectivity index (χ4v) is 2.77. The van der Waals surface area contributed by atoms with Gasteiger partial charge in [-0.2, -0.15) is 0 Å². The van der Waals surface area contributed by atoms with Crippen molar-refractivity contribution in [2.45, 2.75) is 13.0 Å². The van der Waals surface area contributed by atoms with Crippen molar-refractivity contribution in [1.29, 1.82) is 0 Å². The van der Waals surface area contributed by atoms with Crippen LogP contribution in [0.1, 0.15) is 22.7 Å². The molecule has 0 aliphatic heterocycles. The van der Waals surface area contributed by atoms with Crippen LogP contribution in [0.3, 0.4) is 0 Å². The quantitative estimate of drug-likeness (QED) is 0.691. The van der Waals surface area contributed by atoms with Crippen LogP contribution >= 0.6 is 0 Å². The van der Waals surface area contributed by atoms with Gasteiger partial charge in [0.1, 0.15) is 5.82 Å². The van der Waals surface area contributed by atoms with Gasteiger partial charge in [-0.25, -0.2) is 4.39 Å². The number of benzene rings is 3. The molecule has 4 heteroatoms. The van der Waals surface area contributed by atoms with E-state index in [0.717, 1.165) is 11.1 Å². The van der Waals surface area contributed by atoms with Crippen LogP contribution in [0.15, 0.2) is 78.9 Å². The molecule has 132 valence electrons. The molecule has 3 aromatic carbocycles. The Labute approximate surface area is 152 Å². The van der Waals surface area contributed by atoms with Crippen molar-refractivity contribution in [3.63, 3.8) is 0 Å². The summed E-state index contributed by atoms with van der Waals surface area (Å²) in [5, 5.41) is 6.09. The molecule has 1 atom stereocenters. The van der Waals surface area contributed by atoms with Crippen molar-refractivity contribution in [3.05, 3.63) is 101 Å². The largest absolute Gasteiger partial charge is 0.325 e. The van der Waals surface area contributed by atoms with Gasteiger partial charge in [0.05, 0.1) is 12.6 Å². The Morgan fingerprint density at radius 2 is 1.50 bits per heavy atom. The van der Waals surface area contributed by atoms with E-state index in [-0.39, 0.29) is 24.3 Å². The van der Waals surface area contributed by atoms with Crippen LogP contribution in [0.25, 0.3) is 0 Å². The lowest BCUT2D eigenvalue weighted by atomic mass is 9.98. The third-order valence-electron chi connectivity index (χ3n) is 4.14. The van der Waals surface area contributed by atoms with Crippen molar-refractivity contribution in [2.24, 2.45) is 0 Å². The smallest absolute Gasteiger partial charge is 0.238 e. The minimum absolute atomic E-state index is 0.0873. The molecular formula is C22H21FN2O. The highest BCUT2D eigenvalue weighted by molar-refractivity contribution is 5.92. The summed E-state index contributed by atoms with van der Waals surface area (Å²) in [6, 6.07) is 23.9. The Hall–Kier alpha value is -2.98. The summed E-state index contributed by atoms with van der Waals surface area (Å²) >= 11 is 0. The van der Waals surface area contributed by atoms with E-state index in [4.69, 9.17) is 0 Å². The van der Waals surface area contributed by atoms with Gasteiger partial charge >= 0.3 is 0 Å². The highest BCUT2D eigenvalue weighted by atomic mass is 19.1. The van der Waals surface area contributed by atoms with Gasteiger partial charge in [0.15, 0.2) is 0 Å². The molecule has 0 spiro atoms. The standard InChI is InChI=1S/C22H21FN2O/c1-16-7-9-18(10-8-16)22(17-5-3-2-4-6-17)24-15-21(26)25-20-13-11-19(23)12-14-20/h2-14,22,24H,15H2,1H3,(H,25,26)/t22-/m1/s1. The number of hydrogen-bond acceptors (Lipinski definition) is 2. The first-order valence-corrected chi connectivity index (χ1v) is 8.52. The Morgan fingerprint density at radius 3 is 2.15 bits per heavy atom. The molecule has 26 heavy (non-hydrogen) atoms. The van der Waals surface area contributed by atoms with E-state index in [1.807, 2.05) is 37.3 Å². The summed E-state index contributed by atoms with van der Waals surface area (Å²) in [5.74, 6) is -0.505. The minimum Gasteiger partial charge on any atom is -0.325 e. The van der Waals surface area contributed by atoms with E-state index >= 15 is 0 Å². The molecule has 3 rings (SSSR count). The van der Waals surface area contributed by atoms with Gasteiger partial charge in [0.2, 0.25) is 5.91 Å². The Morgan fingerprint density at radius 1 is 0.885 bits per heavy atom. The monoisotopic (exact) mass is 348 g/mol. The zero-order valence-corrected chi connectivity index (χ0v) is 14.6. The zero-order chi connectivity index (χ0) is 18.4. The molecule has 0 heterocycles. The van der Waals surface area contributed by atoms with Crippen molar-refractivity contribution >= 4 is 11.6 Å². The summed E-state index contributed by atoms with van der Waals surface area (Å²) in [6.07, 6.45) is 0. The normalized spacial score (nSPS) is 11.8. The second-order valence-electron chi connectivity index (χ2n) is 6.19. The van der Waals surface area contributed by atoms with E-state index in [2.05, 4.69) is 34.9 Å². The predicted octanol–water partition coefficient (Wildman–Crippen LogP) is 4.45. The number of rotatable bonds is 6. The molecule has 0 aromatic heterocycles. The summed E-state index contributed by atoms with van der Waals surface area (Å²) in [7, 11) is 0. The second kappa shape index (κ2) is 8.41. The fraction of sp³-hybridized carbons (Fsp3) is 0.136. The van der Waals surface area contributed by atoms with E-state index in [1.54, 1.807) is 12.1 Å². The highest BCUT2D eigenvalue weighted by Gasteiger charge is 2.15. The van der Waals surface area contributed by atoms with Gasteiger partial charge in [0, 0.05) is 5.69 Å². The van der Waals surface area contributed by atoms with Gasteiger partial charge in [-0.3, -0.25) is 10.1 Å². The van der Waals surface area contributed by atoms with Crippen molar-refractivity contribution in [1.82, 2.24) is 5.32 Å². The molecule has 0 aliphatic carbocycles. The molecule has 2 N–H and O–H groups in total. The summed E-state index contributed by atoms with van der Waals surface area (Å²) in [4.78, 5) is 12.3. The van der Waals surface area contributed by atoms with Gasteiger partial charge in [-0.15, -0.1) is 0 Å². The third-order valence-corrected chi connectivity index (χ3v) is 4.14. The highest BCUT2D eigenvalue weighted by Crippen LogP contribution is 2.22. The molecule has 0 radical (unpaired) electrons. The van der Waals surface area contributed by atoms with E-state index in [0.29, 0.717) is 5.69 Å². The number of hydrogen-bond donors (Lipinski definition) is 2. The fourth-order valence-electron chi connectivity index (χ4n) is 2.77. The maximum atomic E-state index is 13.0. The molecule has 0 unspecified atom stereocenters. The molecule has 0 fully saturated rings. The van der Waals surface area contributed by atoms with Crippen molar-refractivity contribution in [2.75, 3.05) is 11.9 Å². The SMILES string of the molecule is Cc1ccc([C@H](NCC(=O)Nc2ccc(F)cc2)c2ccccc2)cc1. The maximum absolute atomic E-state index is 13.0. The molecule has 1 amide bonds. The second-order valence-corrected chi connectivity index (χ2v) is 6.19. The van der Waals surface area contributed by atoms with Gasteiger partial charge in [-0.05, 0) is 42.3 Å². The molecule has 0 saturated carbocycles. The first-order valence-electron chi connectivity index (χ1n) is 8.52. The molecule has 0 bridgehead atoms. The lowest BCUT2D eigenvalue weighted by molar-refractivity contribution is -0.115. The number of carbonyl (C=O) groups excluding carboxylic acids is 1. The summed E-state index contributed by atoms with van der Waals surface area (Å²) in [6.45, 7) is 2.19. The van der Waals surface area contributed by atoms with E-state index < -0.39 is 0 Å². The van der Waals surface area contributed by atoms with Crippen molar-refractivity contribution < 1.29 is 9.18 Å². The van der Waals surface area contributed by atoms with Crippen LogP contribution < -0.4 is 10.6 Å². The Balaban J connectivity index is 1.70. The van der Waals surface area contributed by atoms with Crippen LogP contribution in [-0.2, 0) is 4.79 Å². The van der Waals surface area contributed by atoms with Gasteiger partial charge in [0.25, 0.3) is 0 Å². The molecule has 3 nitrogen and oxygen atoms in total. The van der Waals surface area contributed by atoms with E-state index in [9.17, 15) is 9.18 Å². The number of carbonyl (C=O) groups is 1. The van der Waals surface area contributed by atoms with Gasteiger partial charge < -0.3 is 5.32 Å². The first kappa shape index (κ1) is 17.8. The number of anilines is 1. The zero-order valence-electron chi connectivity index (χ0n) is 14.6. The minimum atomic E-state index is -0.329. The lowest BCUT2D eigenvalue weighted by Crippen LogP contribution is -2.31. The van der Waals surface area contributed by atoms with Crippen LogP contribution in [-0.4, -0.2) is 12.5 Å². The third kappa shape index (κ3) is 4.77. The number of halogens is 1. The topological polar surface area (TPSA) is 41.1 Å².